The van der Waals surface area contributed by atoms with E-state index in [1.165, 1.54) is 19.2 Å². The topological polar surface area (TPSA) is 55.5 Å². The molecule has 2 heterocycles. The highest BCUT2D eigenvalue weighted by molar-refractivity contribution is 5.82. The Morgan fingerprint density at radius 2 is 2.10 bits per heavy atom. The lowest BCUT2D eigenvalue weighted by Gasteiger charge is -2.10. The lowest BCUT2D eigenvalue weighted by atomic mass is 10.0. The Bertz CT molecular complexity index is 797. The number of methoxy groups -OCH3 is 1. The zero-order chi connectivity index (χ0) is 15.0. The SMILES string of the molecule is COc1cncc(C(O)c2oc3ccc(F)cc3c2C)c1. The van der Waals surface area contributed by atoms with Crippen molar-refractivity contribution in [3.05, 3.63) is 59.4 Å². The fraction of sp³-hybridized carbons (Fsp3) is 0.188. The largest absolute Gasteiger partial charge is 0.495 e. The number of fused-ring (bicyclic) bond motifs is 1. The summed E-state index contributed by atoms with van der Waals surface area (Å²) < 4.78 is 24.1. The highest BCUT2D eigenvalue weighted by Crippen LogP contribution is 2.33. The van der Waals surface area contributed by atoms with Crippen LogP contribution >= 0.6 is 0 Å². The molecule has 108 valence electrons. The van der Waals surface area contributed by atoms with Crippen molar-refractivity contribution >= 4 is 11.0 Å². The van der Waals surface area contributed by atoms with Crippen LogP contribution < -0.4 is 4.74 Å². The molecule has 4 nitrogen and oxygen atoms in total. The number of halogens is 1. The molecule has 21 heavy (non-hydrogen) atoms. The van der Waals surface area contributed by atoms with E-state index in [9.17, 15) is 9.50 Å². The number of aromatic nitrogens is 1. The Morgan fingerprint density at radius 1 is 1.29 bits per heavy atom. The van der Waals surface area contributed by atoms with Gasteiger partial charge in [-0.2, -0.15) is 0 Å². The Kier molecular flexibility index (Phi) is 3.35. The van der Waals surface area contributed by atoms with Crippen LogP contribution in [0, 0.1) is 12.7 Å². The van der Waals surface area contributed by atoms with E-state index in [-0.39, 0.29) is 5.82 Å². The van der Waals surface area contributed by atoms with Crippen molar-refractivity contribution in [2.75, 3.05) is 7.11 Å². The van der Waals surface area contributed by atoms with E-state index in [1.807, 2.05) is 0 Å². The van der Waals surface area contributed by atoms with E-state index in [1.54, 1.807) is 31.5 Å². The number of aryl methyl sites for hydroxylation is 1. The van der Waals surface area contributed by atoms with Gasteiger partial charge in [0.25, 0.3) is 0 Å². The second kappa shape index (κ2) is 5.18. The Hall–Kier alpha value is -2.40. The van der Waals surface area contributed by atoms with Gasteiger partial charge < -0.3 is 14.3 Å². The fourth-order valence-corrected chi connectivity index (χ4v) is 2.32. The zero-order valence-corrected chi connectivity index (χ0v) is 11.6. The van der Waals surface area contributed by atoms with Crippen LogP contribution in [0.1, 0.15) is 23.0 Å². The Labute approximate surface area is 120 Å². The van der Waals surface area contributed by atoms with Gasteiger partial charge in [-0.25, -0.2) is 4.39 Å². The van der Waals surface area contributed by atoms with Gasteiger partial charge in [0.15, 0.2) is 0 Å². The normalized spacial score (nSPS) is 12.6. The van der Waals surface area contributed by atoms with Crippen LogP contribution in [0.2, 0.25) is 0 Å². The third kappa shape index (κ3) is 2.36. The molecule has 3 rings (SSSR count). The van der Waals surface area contributed by atoms with E-state index in [0.717, 1.165) is 0 Å². The van der Waals surface area contributed by atoms with E-state index in [2.05, 4.69) is 4.98 Å². The maximum atomic E-state index is 13.3. The number of pyridine rings is 1. The summed E-state index contributed by atoms with van der Waals surface area (Å²) in [5, 5.41) is 11.1. The highest BCUT2D eigenvalue weighted by atomic mass is 19.1. The number of nitrogens with zero attached hydrogens (tertiary/aromatic N) is 1. The summed E-state index contributed by atoms with van der Waals surface area (Å²) in [5.74, 6) is 0.590. The molecule has 3 aromatic rings. The molecule has 0 aliphatic heterocycles. The first-order valence-corrected chi connectivity index (χ1v) is 6.45. The number of hydrogen-bond acceptors (Lipinski definition) is 4. The lowest BCUT2D eigenvalue weighted by Crippen LogP contribution is -2.01. The molecule has 5 heteroatoms. The molecule has 0 aliphatic rings. The van der Waals surface area contributed by atoms with Crippen LogP contribution in [0.4, 0.5) is 4.39 Å². The number of benzene rings is 1. The highest BCUT2D eigenvalue weighted by Gasteiger charge is 2.21. The lowest BCUT2D eigenvalue weighted by molar-refractivity contribution is 0.190. The molecule has 1 aromatic carbocycles. The second-order valence-corrected chi connectivity index (χ2v) is 4.79. The molecule has 0 saturated carbocycles. The van der Waals surface area contributed by atoms with Gasteiger partial charge in [0, 0.05) is 22.7 Å². The van der Waals surface area contributed by atoms with Crippen molar-refractivity contribution in [1.29, 1.82) is 0 Å². The maximum Gasteiger partial charge on any atom is 0.141 e. The van der Waals surface area contributed by atoms with Crippen LogP contribution in [0.25, 0.3) is 11.0 Å². The maximum absolute atomic E-state index is 13.3. The van der Waals surface area contributed by atoms with Crippen molar-refractivity contribution in [1.82, 2.24) is 4.98 Å². The number of rotatable bonds is 3. The van der Waals surface area contributed by atoms with Gasteiger partial charge in [0.2, 0.25) is 0 Å². The summed E-state index contributed by atoms with van der Waals surface area (Å²) in [6.07, 6.45) is 2.11. The number of hydrogen-bond donors (Lipinski definition) is 1. The third-order valence-electron chi connectivity index (χ3n) is 3.47. The predicted octanol–water partition coefficient (Wildman–Crippen LogP) is 3.37. The first-order chi connectivity index (χ1) is 10.1. The van der Waals surface area contributed by atoms with E-state index in [0.29, 0.717) is 33.6 Å². The summed E-state index contributed by atoms with van der Waals surface area (Å²) in [6.45, 7) is 1.79. The molecule has 0 bridgehead atoms. The van der Waals surface area contributed by atoms with Crippen molar-refractivity contribution in [3.8, 4) is 5.75 Å². The summed E-state index contributed by atoms with van der Waals surface area (Å²) >= 11 is 0. The Balaban J connectivity index is 2.08. The number of ether oxygens (including phenoxy) is 1. The number of aliphatic hydroxyl groups excluding tert-OH is 1. The van der Waals surface area contributed by atoms with E-state index < -0.39 is 6.10 Å². The molecule has 0 spiro atoms. The van der Waals surface area contributed by atoms with Crippen LogP contribution in [0.3, 0.4) is 0 Å². The van der Waals surface area contributed by atoms with Gasteiger partial charge in [0.05, 0.1) is 13.3 Å². The van der Waals surface area contributed by atoms with Crippen LogP contribution in [-0.4, -0.2) is 17.2 Å². The monoisotopic (exact) mass is 287 g/mol. The van der Waals surface area contributed by atoms with Gasteiger partial charge in [-0.3, -0.25) is 4.98 Å². The zero-order valence-electron chi connectivity index (χ0n) is 11.6. The summed E-state index contributed by atoms with van der Waals surface area (Å²) in [6, 6.07) is 5.96. The van der Waals surface area contributed by atoms with Gasteiger partial charge in [0.1, 0.15) is 29.0 Å². The molecule has 1 atom stereocenters. The minimum atomic E-state index is -0.983. The third-order valence-corrected chi connectivity index (χ3v) is 3.47. The fourth-order valence-electron chi connectivity index (χ4n) is 2.32. The standard InChI is InChI=1S/C16H14FNO3/c1-9-13-6-11(17)3-4-14(13)21-16(9)15(19)10-5-12(20-2)8-18-7-10/h3-8,15,19H,1-2H3. The number of aliphatic hydroxyl groups is 1. The van der Waals surface area contributed by atoms with Crippen LogP contribution in [0.5, 0.6) is 5.75 Å². The van der Waals surface area contributed by atoms with Crippen molar-refractivity contribution in [3.63, 3.8) is 0 Å². The van der Waals surface area contributed by atoms with E-state index >= 15 is 0 Å². The van der Waals surface area contributed by atoms with Crippen molar-refractivity contribution in [2.24, 2.45) is 0 Å². The molecule has 0 saturated heterocycles. The molecular formula is C16H14FNO3. The molecule has 2 aromatic heterocycles. The van der Waals surface area contributed by atoms with Crippen LogP contribution in [0.15, 0.2) is 41.1 Å². The van der Waals surface area contributed by atoms with Gasteiger partial charge in [-0.15, -0.1) is 0 Å². The molecule has 1 unspecified atom stereocenters. The first-order valence-electron chi connectivity index (χ1n) is 6.45. The summed E-state index contributed by atoms with van der Waals surface area (Å²) in [7, 11) is 1.53. The predicted molar refractivity (Wildman–Crippen MR) is 75.8 cm³/mol. The number of furan rings is 1. The van der Waals surface area contributed by atoms with Crippen molar-refractivity contribution < 1.29 is 18.7 Å². The molecule has 0 fully saturated rings. The molecular weight excluding hydrogens is 273 g/mol. The quantitative estimate of drug-likeness (QED) is 0.802. The Morgan fingerprint density at radius 3 is 2.86 bits per heavy atom. The average Bonchev–Trinajstić information content (AvgIpc) is 2.83. The molecule has 0 radical (unpaired) electrons. The molecule has 1 N–H and O–H groups in total. The molecule has 0 aliphatic carbocycles. The smallest absolute Gasteiger partial charge is 0.141 e. The van der Waals surface area contributed by atoms with Gasteiger partial charge >= 0.3 is 0 Å². The van der Waals surface area contributed by atoms with Gasteiger partial charge in [-0.1, -0.05) is 0 Å². The van der Waals surface area contributed by atoms with E-state index in [4.69, 9.17) is 9.15 Å². The molecule has 0 amide bonds. The first kappa shape index (κ1) is 13.6. The van der Waals surface area contributed by atoms with Gasteiger partial charge in [-0.05, 0) is 31.2 Å². The van der Waals surface area contributed by atoms with Crippen LogP contribution in [-0.2, 0) is 0 Å². The minimum absolute atomic E-state index is 0.338. The second-order valence-electron chi connectivity index (χ2n) is 4.79. The summed E-state index contributed by atoms with van der Waals surface area (Å²) in [5.41, 5.74) is 1.80. The van der Waals surface area contributed by atoms with Crippen molar-refractivity contribution in [2.45, 2.75) is 13.0 Å². The minimum Gasteiger partial charge on any atom is -0.495 e. The average molecular weight is 287 g/mol. The summed E-state index contributed by atoms with van der Waals surface area (Å²) in [4.78, 5) is 4.01.